The second kappa shape index (κ2) is 11.7. The van der Waals surface area contributed by atoms with Crippen LogP contribution in [0.15, 0.2) is 119 Å². The molecule has 0 radical (unpaired) electrons. The summed E-state index contributed by atoms with van der Waals surface area (Å²) in [4.78, 5) is 0.286. The van der Waals surface area contributed by atoms with Gasteiger partial charge in [-0.15, -0.1) is 0 Å². The predicted molar refractivity (Wildman–Crippen MR) is 148 cm³/mol. The van der Waals surface area contributed by atoms with Crippen molar-refractivity contribution in [2.75, 3.05) is 6.26 Å². The third-order valence-corrected chi connectivity index (χ3v) is 7.13. The number of hydrogen-bond donors (Lipinski definition) is 2. The Morgan fingerprint density at radius 2 is 1.75 bits per heavy atom. The van der Waals surface area contributed by atoms with Crippen LogP contribution in [0.5, 0.6) is 0 Å². The fourth-order valence-corrected chi connectivity index (χ4v) is 4.85. The maximum absolute atomic E-state index is 11.9. The van der Waals surface area contributed by atoms with Gasteiger partial charge in [-0.3, -0.25) is 0 Å². The molecule has 3 N–H and O–H groups in total. The number of aryl methyl sites for hydroxylation is 1. The van der Waals surface area contributed by atoms with Crippen molar-refractivity contribution in [3.05, 3.63) is 126 Å². The smallest absolute Gasteiger partial charge is 0.175 e. The van der Waals surface area contributed by atoms with Crippen LogP contribution in [0, 0.1) is 6.92 Å². The number of hydrogen-bond acceptors (Lipinski definition) is 5. The molecule has 0 aromatic heterocycles. The van der Waals surface area contributed by atoms with Gasteiger partial charge < -0.3 is 10.9 Å². The number of benzene rings is 3. The first-order chi connectivity index (χ1) is 17.1. The Labute approximate surface area is 213 Å². The van der Waals surface area contributed by atoms with Crippen LogP contribution < -0.4 is 5.73 Å². The molecular weight excluding hydrogens is 468 g/mol. The lowest BCUT2D eigenvalue weighted by molar-refractivity contribution is 0.317. The van der Waals surface area contributed by atoms with Gasteiger partial charge in [0.15, 0.2) is 9.84 Å². The molecule has 0 aliphatic rings. The molecule has 0 amide bonds. The van der Waals surface area contributed by atoms with Crippen molar-refractivity contribution in [2.24, 2.45) is 10.9 Å². The second-order valence-electron chi connectivity index (χ2n) is 8.83. The minimum atomic E-state index is -3.27. The molecule has 3 aromatic carbocycles. The Kier molecular flexibility index (Phi) is 8.67. The maximum atomic E-state index is 11.9. The zero-order valence-electron chi connectivity index (χ0n) is 20.8. The highest BCUT2D eigenvalue weighted by molar-refractivity contribution is 7.90. The summed E-state index contributed by atoms with van der Waals surface area (Å²) in [5, 5.41) is 13.6. The van der Waals surface area contributed by atoms with Gasteiger partial charge in [-0.1, -0.05) is 84.6 Å². The van der Waals surface area contributed by atoms with Crippen molar-refractivity contribution in [1.82, 2.24) is 0 Å². The van der Waals surface area contributed by atoms with Crippen LogP contribution in [0.4, 0.5) is 0 Å². The summed E-state index contributed by atoms with van der Waals surface area (Å²) >= 11 is 0. The Hall–Kier alpha value is -3.90. The quantitative estimate of drug-likeness (QED) is 0.154. The molecule has 3 aromatic rings. The lowest BCUT2D eigenvalue weighted by atomic mass is 9.82. The summed E-state index contributed by atoms with van der Waals surface area (Å²) in [5.74, 6) is -0.105. The van der Waals surface area contributed by atoms with E-state index in [0.717, 1.165) is 27.8 Å². The van der Waals surface area contributed by atoms with Crippen LogP contribution in [0.25, 0.3) is 11.1 Å². The van der Waals surface area contributed by atoms with Crippen molar-refractivity contribution in [1.29, 1.82) is 0 Å². The minimum absolute atomic E-state index is 0.105. The number of nitrogens with two attached hydrogens (primary N) is 1. The molecule has 0 aliphatic carbocycles. The summed E-state index contributed by atoms with van der Waals surface area (Å²) in [7, 11) is -3.27. The highest BCUT2D eigenvalue weighted by Crippen LogP contribution is 2.34. The van der Waals surface area contributed by atoms with Gasteiger partial charge in [-0.25, -0.2) is 8.42 Å². The molecule has 1 unspecified atom stereocenters. The van der Waals surface area contributed by atoms with E-state index in [2.05, 4.69) is 42.9 Å². The Morgan fingerprint density at radius 3 is 2.33 bits per heavy atom. The first kappa shape index (κ1) is 26.7. The molecule has 0 fully saturated rings. The topological polar surface area (TPSA) is 92.8 Å². The van der Waals surface area contributed by atoms with Gasteiger partial charge in [-0.05, 0) is 59.9 Å². The molecule has 5 nitrogen and oxygen atoms in total. The van der Waals surface area contributed by atoms with Crippen LogP contribution in [-0.2, 0) is 9.84 Å². The number of oxime groups is 1. The fourth-order valence-electron chi connectivity index (χ4n) is 4.22. The van der Waals surface area contributed by atoms with Gasteiger partial charge in [0.1, 0.15) is 0 Å². The largest absolute Gasteiger partial charge is 0.411 e. The molecule has 0 spiro atoms. The highest BCUT2D eigenvalue weighted by atomic mass is 32.2. The Bertz CT molecular complexity index is 1430. The van der Waals surface area contributed by atoms with Crippen LogP contribution in [0.2, 0.25) is 0 Å². The average molecular weight is 501 g/mol. The van der Waals surface area contributed by atoms with Crippen molar-refractivity contribution >= 4 is 15.5 Å². The standard InChI is InChI=1S/C30H32N2O3S/c1-5-9-26(18-22(3)31)30(32-33)20-29(28-13-7-6-10-21(28)2)25-12-8-11-24(19-25)23-14-16-27(17-15-23)36(4,34)35/h5-19,29,33H,1,20,31H2,2-4H3/b22-18-,26-9+,32-30+. The summed E-state index contributed by atoms with van der Waals surface area (Å²) in [6, 6.07) is 23.2. The lowest BCUT2D eigenvalue weighted by Crippen LogP contribution is -2.12. The highest BCUT2D eigenvalue weighted by Gasteiger charge is 2.21. The van der Waals surface area contributed by atoms with Crippen molar-refractivity contribution in [2.45, 2.75) is 31.1 Å². The van der Waals surface area contributed by atoms with Gasteiger partial charge >= 0.3 is 0 Å². The van der Waals surface area contributed by atoms with E-state index in [4.69, 9.17) is 5.73 Å². The zero-order valence-corrected chi connectivity index (χ0v) is 21.7. The van der Waals surface area contributed by atoms with E-state index in [1.807, 2.05) is 36.4 Å². The van der Waals surface area contributed by atoms with E-state index in [1.54, 1.807) is 37.3 Å². The molecule has 0 saturated heterocycles. The zero-order chi connectivity index (χ0) is 26.3. The molecule has 36 heavy (non-hydrogen) atoms. The number of allylic oxidation sites excluding steroid dienone is 5. The molecular formula is C30H32N2O3S. The third-order valence-electron chi connectivity index (χ3n) is 6.00. The average Bonchev–Trinajstić information content (AvgIpc) is 2.85. The Balaban J connectivity index is 2.10. The van der Waals surface area contributed by atoms with E-state index in [0.29, 0.717) is 23.4 Å². The second-order valence-corrected chi connectivity index (χ2v) is 10.8. The van der Waals surface area contributed by atoms with E-state index in [-0.39, 0.29) is 10.8 Å². The van der Waals surface area contributed by atoms with Crippen molar-refractivity contribution in [3.8, 4) is 11.1 Å². The number of rotatable bonds is 9. The van der Waals surface area contributed by atoms with Crippen LogP contribution in [0.3, 0.4) is 0 Å². The van der Waals surface area contributed by atoms with Gasteiger partial charge in [-0.2, -0.15) is 0 Å². The van der Waals surface area contributed by atoms with Gasteiger partial charge in [0.05, 0.1) is 10.6 Å². The normalized spacial score (nSPS) is 13.9. The first-order valence-electron chi connectivity index (χ1n) is 11.6. The van der Waals surface area contributed by atoms with Gasteiger partial charge in [0.25, 0.3) is 0 Å². The van der Waals surface area contributed by atoms with Gasteiger partial charge in [0.2, 0.25) is 0 Å². The van der Waals surface area contributed by atoms with E-state index >= 15 is 0 Å². The number of sulfone groups is 1. The summed E-state index contributed by atoms with van der Waals surface area (Å²) in [5.41, 5.74) is 12.9. The van der Waals surface area contributed by atoms with E-state index < -0.39 is 9.84 Å². The molecule has 186 valence electrons. The molecule has 6 heteroatoms. The van der Waals surface area contributed by atoms with Crippen LogP contribution >= 0.6 is 0 Å². The molecule has 0 bridgehead atoms. The van der Waals surface area contributed by atoms with Crippen LogP contribution in [0.1, 0.15) is 36.0 Å². The monoisotopic (exact) mass is 500 g/mol. The maximum Gasteiger partial charge on any atom is 0.175 e. The third kappa shape index (κ3) is 6.61. The van der Waals surface area contributed by atoms with Crippen molar-refractivity contribution < 1.29 is 13.6 Å². The molecule has 3 rings (SSSR count). The predicted octanol–water partition coefficient (Wildman–Crippen LogP) is 6.39. The molecule has 0 heterocycles. The van der Waals surface area contributed by atoms with Gasteiger partial charge in [0, 0.05) is 29.9 Å². The minimum Gasteiger partial charge on any atom is -0.411 e. The molecule has 1 atom stereocenters. The summed E-state index contributed by atoms with van der Waals surface area (Å²) < 4.78 is 23.7. The van der Waals surface area contributed by atoms with E-state index in [1.165, 1.54) is 6.26 Å². The fraction of sp³-hybridized carbons (Fsp3) is 0.167. The first-order valence-corrected chi connectivity index (χ1v) is 13.5. The molecule has 0 saturated carbocycles. The van der Waals surface area contributed by atoms with Crippen LogP contribution in [-0.4, -0.2) is 25.6 Å². The Morgan fingerprint density at radius 1 is 1.06 bits per heavy atom. The summed E-state index contributed by atoms with van der Waals surface area (Å²) in [6.45, 7) is 7.63. The lowest BCUT2D eigenvalue weighted by Gasteiger charge is -2.22. The number of nitrogens with zero attached hydrogens (tertiary/aromatic N) is 1. The summed E-state index contributed by atoms with van der Waals surface area (Å²) in [6.07, 6.45) is 6.82. The molecule has 0 aliphatic heterocycles. The van der Waals surface area contributed by atoms with E-state index in [9.17, 15) is 13.6 Å². The SMILES string of the molecule is C=C/C=C(\C=C(\C)N)C(/CC(c1cccc(-c2ccc(S(C)(=O)=O)cc2)c1)c1ccccc1C)=N/O. The van der Waals surface area contributed by atoms with Crippen molar-refractivity contribution in [3.63, 3.8) is 0 Å².